The highest BCUT2D eigenvalue weighted by atomic mass is 19.1. The average molecular weight is 222 g/mol. The average Bonchev–Trinajstić information content (AvgIpc) is 2.53. The molecule has 1 heterocycles. The van der Waals surface area contributed by atoms with E-state index in [9.17, 15) is 9.18 Å². The summed E-state index contributed by atoms with van der Waals surface area (Å²) in [6, 6.07) is 2.44. The Bertz CT molecular complexity index is 431. The number of benzene rings is 1. The molecule has 1 atom stereocenters. The number of carbonyl (C=O) groups is 1. The number of halogens is 1. The van der Waals surface area contributed by atoms with E-state index in [1.807, 2.05) is 6.92 Å². The Morgan fingerprint density at radius 2 is 2.25 bits per heavy atom. The molecular formula is C12H15FN2O. The van der Waals surface area contributed by atoms with Gasteiger partial charge >= 0.3 is 0 Å². The van der Waals surface area contributed by atoms with Gasteiger partial charge in [-0.25, -0.2) is 4.39 Å². The first-order chi connectivity index (χ1) is 7.63. The fourth-order valence-electron chi connectivity index (χ4n) is 2.00. The summed E-state index contributed by atoms with van der Waals surface area (Å²) in [6.45, 7) is 4.56. The van der Waals surface area contributed by atoms with Crippen molar-refractivity contribution in [2.75, 3.05) is 11.9 Å². The fraction of sp³-hybridized carbons (Fsp3) is 0.417. The molecule has 0 aliphatic carbocycles. The molecule has 86 valence electrons. The molecule has 1 aromatic carbocycles. The zero-order valence-corrected chi connectivity index (χ0v) is 9.43. The van der Waals surface area contributed by atoms with Crippen molar-refractivity contribution < 1.29 is 9.18 Å². The van der Waals surface area contributed by atoms with Crippen LogP contribution in [0.1, 0.15) is 30.5 Å². The first-order valence-electron chi connectivity index (χ1n) is 5.47. The molecule has 0 aromatic heterocycles. The number of amides is 1. The molecule has 16 heavy (non-hydrogen) atoms. The molecule has 1 aromatic rings. The standard InChI is InChI=1S/C12H15FN2O/c1-3-4-14-11-9-6-8(13)5-7(2)10(9)15-12(11)16/h5-6,11,14H,3-4H2,1-2H3,(H,15,16). The quantitative estimate of drug-likeness (QED) is 0.822. The summed E-state index contributed by atoms with van der Waals surface area (Å²) in [5.74, 6) is -0.395. The molecule has 1 unspecified atom stereocenters. The third-order valence-electron chi connectivity index (χ3n) is 2.75. The predicted octanol–water partition coefficient (Wildman–Crippen LogP) is 2.13. The second-order valence-electron chi connectivity index (χ2n) is 4.06. The zero-order chi connectivity index (χ0) is 11.7. The van der Waals surface area contributed by atoms with Crippen LogP contribution >= 0.6 is 0 Å². The minimum Gasteiger partial charge on any atom is -0.324 e. The van der Waals surface area contributed by atoms with Gasteiger partial charge in [-0.05, 0) is 37.6 Å². The Morgan fingerprint density at radius 3 is 2.94 bits per heavy atom. The van der Waals surface area contributed by atoms with E-state index < -0.39 is 6.04 Å². The van der Waals surface area contributed by atoms with E-state index in [-0.39, 0.29) is 11.7 Å². The van der Waals surface area contributed by atoms with Crippen LogP contribution in [0.5, 0.6) is 0 Å². The number of hydrogen-bond acceptors (Lipinski definition) is 2. The molecule has 0 bridgehead atoms. The monoisotopic (exact) mass is 222 g/mol. The largest absolute Gasteiger partial charge is 0.324 e. The first-order valence-corrected chi connectivity index (χ1v) is 5.47. The summed E-state index contributed by atoms with van der Waals surface area (Å²) in [5.41, 5.74) is 2.24. The van der Waals surface area contributed by atoms with E-state index in [4.69, 9.17) is 0 Å². The third-order valence-corrected chi connectivity index (χ3v) is 2.75. The second-order valence-corrected chi connectivity index (χ2v) is 4.06. The molecule has 2 rings (SSSR count). The van der Waals surface area contributed by atoms with Crippen LogP contribution in [0.2, 0.25) is 0 Å². The highest BCUT2D eigenvalue weighted by Gasteiger charge is 2.31. The van der Waals surface area contributed by atoms with E-state index in [1.165, 1.54) is 12.1 Å². The van der Waals surface area contributed by atoms with Gasteiger partial charge in [-0.15, -0.1) is 0 Å². The second kappa shape index (κ2) is 4.22. The minimum absolute atomic E-state index is 0.0999. The van der Waals surface area contributed by atoms with Gasteiger partial charge in [-0.2, -0.15) is 0 Å². The normalized spacial score (nSPS) is 18.4. The Morgan fingerprint density at radius 1 is 1.50 bits per heavy atom. The van der Waals surface area contributed by atoms with E-state index in [2.05, 4.69) is 10.6 Å². The van der Waals surface area contributed by atoms with E-state index in [1.54, 1.807) is 6.92 Å². The summed E-state index contributed by atoms with van der Waals surface area (Å²) in [7, 11) is 0. The molecular weight excluding hydrogens is 207 g/mol. The molecule has 1 aliphatic rings. The maximum atomic E-state index is 13.3. The lowest BCUT2D eigenvalue weighted by molar-refractivity contribution is -0.117. The summed E-state index contributed by atoms with van der Waals surface area (Å²) < 4.78 is 13.3. The SMILES string of the molecule is CCCNC1C(=O)Nc2c(C)cc(F)cc21. The molecule has 0 fully saturated rings. The van der Waals surface area contributed by atoms with Crippen molar-refractivity contribution in [3.8, 4) is 0 Å². The molecule has 1 aliphatic heterocycles. The van der Waals surface area contributed by atoms with Crippen molar-refractivity contribution in [1.82, 2.24) is 5.32 Å². The Balaban J connectivity index is 2.36. The smallest absolute Gasteiger partial charge is 0.246 e. The van der Waals surface area contributed by atoms with Crippen molar-refractivity contribution in [3.05, 3.63) is 29.1 Å². The zero-order valence-electron chi connectivity index (χ0n) is 9.43. The number of aryl methyl sites for hydroxylation is 1. The maximum Gasteiger partial charge on any atom is 0.246 e. The predicted molar refractivity (Wildman–Crippen MR) is 60.8 cm³/mol. The third kappa shape index (κ3) is 1.80. The van der Waals surface area contributed by atoms with Crippen molar-refractivity contribution in [2.45, 2.75) is 26.3 Å². The molecule has 0 spiro atoms. The molecule has 2 N–H and O–H groups in total. The fourth-order valence-corrected chi connectivity index (χ4v) is 2.00. The van der Waals surface area contributed by atoms with Crippen LogP contribution in [0, 0.1) is 12.7 Å². The van der Waals surface area contributed by atoms with Crippen LogP contribution in [0.3, 0.4) is 0 Å². The Labute approximate surface area is 94.0 Å². The van der Waals surface area contributed by atoms with Crippen molar-refractivity contribution in [3.63, 3.8) is 0 Å². The highest BCUT2D eigenvalue weighted by molar-refractivity contribution is 6.03. The van der Waals surface area contributed by atoms with Crippen molar-refractivity contribution in [1.29, 1.82) is 0 Å². The van der Waals surface area contributed by atoms with Gasteiger partial charge in [0, 0.05) is 11.3 Å². The summed E-state index contributed by atoms with van der Waals surface area (Å²) in [4.78, 5) is 11.7. The van der Waals surface area contributed by atoms with Crippen LogP contribution in [0.15, 0.2) is 12.1 Å². The molecule has 1 amide bonds. The van der Waals surface area contributed by atoms with Crippen molar-refractivity contribution >= 4 is 11.6 Å². The van der Waals surface area contributed by atoms with Crippen LogP contribution in [-0.4, -0.2) is 12.5 Å². The molecule has 4 heteroatoms. The topological polar surface area (TPSA) is 41.1 Å². The van der Waals surface area contributed by atoms with E-state index >= 15 is 0 Å². The van der Waals surface area contributed by atoms with Gasteiger partial charge in [0.2, 0.25) is 5.91 Å². The lowest BCUT2D eigenvalue weighted by atomic mass is 10.0. The van der Waals surface area contributed by atoms with Gasteiger partial charge in [-0.3, -0.25) is 4.79 Å². The maximum absolute atomic E-state index is 13.3. The lowest BCUT2D eigenvalue weighted by Crippen LogP contribution is -2.28. The number of rotatable bonds is 3. The van der Waals surface area contributed by atoms with Crippen LogP contribution in [0.25, 0.3) is 0 Å². The number of nitrogens with one attached hydrogen (secondary N) is 2. The highest BCUT2D eigenvalue weighted by Crippen LogP contribution is 2.34. The Kier molecular flexibility index (Phi) is 2.92. The molecule has 0 saturated carbocycles. The van der Waals surface area contributed by atoms with Gasteiger partial charge in [-0.1, -0.05) is 6.92 Å². The number of fused-ring (bicyclic) bond motifs is 1. The van der Waals surface area contributed by atoms with E-state index in [0.29, 0.717) is 0 Å². The van der Waals surface area contributed by atoms with Crippen LogP contribution in [-0.2, 0) is 4.79 Å². The molecule has 0 saturated heterocycles. The van der Waals surface area contributed by atoms with Gasteiger partial charge in [0.15, 0.2) is 0 Å². The Hall–Kier alpha value is -1.42. The number of carbonyl (C=O) groups excluding carboxylic acids is 1. The van der Waals surface area contributed by atoms with Crippen molar-refractivity contribution in [2.24, 2.45) is 0 Å². The van der Waals surface area contributed by atoms with Gasteiger partial charge in [0.25, 0.3) is 0 Å². The lowest BCUT2D eigenvalue weighted by Gasteiger charge is -2.10. The van der Waals surface area contributed by atoms with Gasteiger partial charge in [0.05, 0.1) is 0 Å². The first kappa shape index (κ1) is 11.1. The minimum atomic E-state index is -0.413. The van der Waals surface area contributed by atoms with E-state index in [0.717, 1.165) is 29.8 Å². The molecule has 3 nitrogen and oxygen atoms in total. The summed E-state index contributed by atoms with van der Waals surface area (Å²) in [6.07, 6.45) is 0.938. The summed E-state index contributed by atoms with van der Waals surface area (Å²) in [5, 5.41) is 5.90. The van der Waals surface area contributed by atoms with Crippen LogP contribution < -0.4 is 10.6 Å². The number of anilines is 1. The molecule has 0 radical (unpaired) electrons. The summed E-state index contributed by atoms with van der Waals surface area (Å²) >= 11 is 0. The van der Waals surface area contributed by atoms with Gasteiger partial charge < -0.3 is 10.6 Å². The van der Waals surface area contributed by atoms with Crippen LogP contribution in [0.4, 0.5) is 10.1 Å². The van der Waals surface area contributed by atoms with Gasteiger partial charge in [0.1, 0.15) is 11.9 Å². The number of hydrogen-bond donors (Lipinski definition) is 2.